The Morgan fingerprint density at radius 3 is 2.56 bits per heavy atom. The van der Waals surface area contributed by atoms with Gasteiger partial charge in [-0.05, 0) is 43.9 Å². The summed E-state index contributed by atoms with van der Waals surface area (Å²) in [6, 6.07) is 14.3. The number of ether oxygens (including phenoxy) is 2. The number of aromatic nitrogens is 2. The molecule has 1 saturated carbocycles. The van der Waals surface area contributed by atoms with E-state index in [0.717, 1.165) is 48.0 Å². The second kappa shape index (κ2) is 9.37. The number of carbonyl (C=O) groups is 1. The molecule has 0 saturated heterocycles. The van der Waals surface area contributed by atoms with Gasteiger partial charge in [0.15, 0.2) is 17.6 Å². The second-order valence-electron chi connectivity index (χ2n) is 9.24. The molecular weight excluding hydrogens is 430 g/mol. The van der Waals surface area contributed by atoms with Crippen molar-refractivity contribution in [2.75, 3.05) is 31.4 Å². The molecule has 34 heavy (non-hydrogen) atoms. The fourth-order valence-electron chi connectivity index (χ4n) is 4.87. The van der Waals surface area contributed by atoms with E-state index < -0.39 is 6.10 Å². The fraction of sp³-hybridized carbons (Fsp3) is 0.423. The summed E-state index contributed by atoms with van der Waals surface area (Å²) in [7, 11) is 5.60. The molecule has 1 atom stereocenters. The third kappa shape index (κ3) is 4.44. The summed E-state index contributed by atoms with van der Waals surface area (Å²) in [5.41, 5.74) is 1.94. The summed E-state index contributed by atoms with van der Waals surface area (Å²) >= 11 is 0. The SMILES string of the molecule is COc1cccc2c1OC(C(=O)N[C@H]1CC[C@@H](Nc3nc(N(C)C)c4ccccc4n3)CC1)C2. The summed E-state index contributed by atoms with van der Waals surface area (Å²) in [6.45, 7) is 0. The maximum atomic E-state index is 12.9. The number of amides is 1. The molecule has 0 radical (unpaired) electrons. The van der Waals surface area contributed by atoms with Crippen LogP contribution < -0.4 is 25.0 Å². The van der Waals surface area contributed by atoms with Crippen LogP contribution in [0.4, 0.5) is 11.8 Å². The Balaban J connectivity index is 1.16. The summed E-state index contributed by atoms with van der Waals surface area (Å²) < 4.78 is 11.3. The van der Waals surface area contributed by atoms with Crippen LogP contribution in [0.3, 0.4) is 0 Å². The van der Waals surface area contributed by atoms with Crippen molar-refractivity contribution in [3.05, 3.63) is 48.0 Å². The lowest BCUT2D eigenvalue weighted by Crippen LogP contribution is -2.45. The molecule has 178 valence electrons. The molecule has 3 aromatic rings. The van der Waals surface area contributed by atoms with E-state index in [1.165, 1.54) is 0 Å². The zero-order chi connectivity index (χ0) is 23.7. The molecule has 8 heteroatoms. The third-order valence-electron chi connectivity index (χ3n) is 6.65. The number of nitrogens with one attached hydrogen (secondary N) is 2. The monoisotopic (exact) mass is 461 g/mol. The number of para-hydroxylation sites is 2. The number of fused-ring (bicyclic) bond motifs is 2. The lowest BCUT2D eigenvalue weighted by Gasteiger charge is -2.30. The van der Waals surface area contributed by atoms with E-state index in [9.17, 15) is 4.79 Å². The van der Waals surface area contributed by atoms with Crippen LogP contribution in [-0.2, 0) is 11.2 Å². The Hall–Kier alpha value is -3.55. The Morgan fingerprint density at radius 2 is 1.79 bits per heavy atom. The van der Waals surface area contributed by atoms with Gasteiger partial charge in [-0.3, -0.25) is 4.79 Å². The predicted molar refractivity (Wildman–Crippen MR) is 133 cm³/mol. The number of carbonyl (C=O) groups excluding carboxylic acids is 1. The topological polar surface area (TPSA) is 88.6 Å². The number of methoxy groups -OCH3 is 1. The lowest BCUT2D eigenvalue weighted by atomic mass is 9.91. The normalized spacial score (nSPS) is 21.4. The first-order chi connectivity index (χ1) is 16.5. The molecule has 1 aliphatic heterocycles. The van der Waals surface area contributed by atoms with E-state index in [1.807, 2.05) is 61.5 Å². The lowest BCUT2D eigenvalue weighted by molar-refractivity contribution is -0.128. The van der Waals surface area contributed by atoms with Gasteiger partial charge < -0.3 is 25.0 Å². The first-order valence-electron chi connectivity index (χ1n) is 11.9. The first kappa shape index (κ1) is 22.3. The van der Waals surface area contributed by atoms with E-state index in [4.69, 9.17) is 19.4 Å². The number of benzene rings is 2. The number of anilines is 2. The largest absolute Gasteiger partial charge is 0.493 e. The number of hydrogen-bond donors (Lipinski definition) is 2. The molecule has 2 heterocycles. The predicted octanol–water partition coefficient (Wildman–Crippen LogP) is 3.55. The maximum Gasteiger partial charge on any atom is 0.261 e. The van der Waals surface area contributed by atoms with Crippen molar-refractivity contribution in [2.45, 2.75) is 50.3 Å². The second-order valence-corrected chi connectivity index (χ2v) is 9.24. The molecule has 1 amide bonds. The first-order valence-corrected chi connectivity index (χ1v) is 11.9. The minimum absolute atomic E-state index is 0.0526. The van der Waals surface area contributed by atoms with Crippen molar-refractivity contribution in [3.63, 3.8) is 0 Å². The van der Waals surface area contributed by atoms with Gasteiger partial charge >= 0.3 is 0 Å². The summed E-state index contributed by atoms with van der Waals surface area (Å²) in [5, 5.41) is 7.76. The minimum Gasteiger partial charge on any atom is -0.493 e. The highest BCUT2D eigenvalue weighted by Gasteiger charge is 2.33. The molecule has 5 rings (SSSR count). The van der Waals surface area contributed by atoms with Crippen molar-refractivity contribution in [2.24, 2.45) is 0 Å². The van der Waals surface area contributed by atoms with E-state index >= 15 is 0 Å². The molecule has 1 unspecified atom stereocenters. The molecular formula is C26H31N5O3. The van der Waals surface area contributed by atoms with Crippen LogP contribution >= 0.6 is 0 Å². The average molecular weight is 462 g/mol. The third-order valence-corrected chi connectivity index (χ3v) is 6.65. The van der Waals surface area contributed by atoms with E-state index in [1.54, 1.807) is 7.11 Å². The van der Waals surface area contributed by atoms with Gasteiger partial charge in [-0.1, -0.05) is 24.3 Å². The zero-order valence-corrected chi connectivity index (χ0v) is 19.9. The smallest absolute Gasteiger partial charge is 0.261 e. The maximum absolute atomic E-state index is 12.9. The quantitative estimate of drug-likeness (QED) is 0.580. The van der Waals surface area contributed by atoms with E-state index in [-0.39, 0.29) is 18.0 Å². The highest BCUT2D eigenvalue weighted by Crippen LogP contribution is 2.37. The van der Waals surface area contributed by atoms with Gasteiger partial charge in [-0.2, -0.15) is 4.98 Å². The summed E-state index contributed by atoms with van der Waals surface area (Å²) in [4.78, 5) is 24.4. The molecule has 1 aromatic heterocycles. The minimum atomic E-state index is -0.502. The number of rotatable bonds is 6. The van der Waals surface area contributed by atoms with Gasteiger partial charge in [0, 0.05) is 43.5 Å². The Kier molecular flexibility index (Phi) is 6.13. The number of nitrogens with zero attached hydrogens (tertiary/aromatic N) is 3. The summed E-state index contributed by atoms with van der Waals surface area (Å²) in [6.07, 6.45) is 3.76. The van der Waals surface area contributed by atoms with Gasteiger partial charge in [-0.25, -0.2) is 4.98 Å². The van der Waals surface area contributed by atoms with Gasteiger partial charge in [0.25, 0.3) is 5.91 Å². The molecule has 0 spiro atoms. The van der Waals surface area contributed by atoms with Crippen molar-refractivity contribution in [1.29, 1.82) is 0 Å². The van der Waals surface area contributed by atoms with E-state index in [0.29, 0.717) is 23.9 Å². The van der Waals surface area contributed by atoms with Crippen LogP contribution in [0.25, 0.3) is 10.9 Å². The van der Waals surface area contributed by atoms with Crippen LogP contribution in [0.1, 0.15) is 31.2 Å². The van der Waals surface area contributed by atoms with Gasteiger partial charge in [0.1, 0.15) is 5.82 Å². The molecule has 2 aromatic carbocycles. The Bertz CT molecular complexity index is 1190. The van der Waals surface area contributed by atoms with Gasteiger partial charge in [0.2, 0.25) is 5.95 Å². The highest BCUT2D eigenvalue weighted by atomic mass is 16.5. The van der Waals surface area contributed by atoms with E-state index in [2.05, 4.69) is 10.6 Å². The molecule has 8 nitrogen and oxygen atoms in total. The van der Waals surface area contributed by atoms with Crippen LogP contribution in [0.5, 0.6) is 11.5 Å². The Morgan fingerprint density at radius 1 is 1.03 bits per heavy atom. The Labute approximate surface area is 199 Å². The van der Waals surface area contributed by atoms with Gasteiger partial charge in [-0.15, -0.1) is 0 Å². The molecule has 2 N–H and O–H groups in total. The zero-order valence-electron chi connectivity index (χ0n) is 19.9. The van der Waals surface area contributed by atoms with Crippen LogP contribution in [0, 0.1) is 0 Å². The number of hydrogen-bond acceptors (Lipinski definition) is 7. The van der Waals surface area contributed by atoms with Crippen molar-refractivity contribution in [3.8, 4) is 11.5 Å². The van der Waals surface area contributed by atoms with Crippen molar-refractivity contribution in [1.82, 2.24) is 15.3 Å². The molecule has 0 bridgehead atoms. The summed E-state index contributed by atoms with van der Waals surface area (Å²) in [5.74, 6) is 2.87. The average Bonchev–Trinajstić information content (AvgIpc) is 3.29. The van der Waals surface area contributed by atoms with Crippen LogP contribution in [-0.4, -0.2) is 55.3 Å². The molecule has 1 aliphatic carbocycles. The van der Waals surface area contributed by atoms with Crippen molar-refractivity contribution >= 4 is 28.6 Å². The highest BCUT2D eigenvalue weighted by molar-refractivity contribution is 5.90. The van der Waals surface area contributed by atoms with Crippen molar-refractivity contribution < 1.29 is 14.3 Å². The fourth-order valence-corrected chi connectivity index (χ4v) is 4.87. The molecule has 1 fully saturated rings. The molecule has 2 aliphatic rings. The van der Waals surface area contributed by atoms with Crippen LogP contribution in [0.15, 0.2) is 42.5 Å². The van der Waals surface area contributed by atoms with Gasteiger partial charge in [0.05, 0.1) is 12.6 Å². The standard InChI is InChI=1S/C26H31N5O3/c1-31(2)24-19-8-4-5-9-20(19)29-26(30-24)28-18-13-11-17(12-14-18)27-25(32)22-15-16-7-6-10-21(33-3)23(16)34-22/h4-10,17-18,22H,11-15H2,1-3H3,(H,27,32)(H,28,29,30)/t17-,18+,22?. The van der Waals surface area contributed by atoms with Crippen LogP contribution in [0.2, 0.25) is 0 Å².